The first kappa shape index (κ1) is 16.0. The molecule has 0 spiro atoms. The van der Waals surface area contributed by atoms with Crippen molar-refractivity contribution in [2.45, 2.75) is 33.1 Å². The topological polar surface area (TPSA) is 67.4 Å². The molecule has 2 amide bonds. The molecule has 0 unspecified atom stereocenters. The summed E-state index contributed by atoms with van der Waals surface area (Å²) in [6.45, 7) is 6.58. The molecule has 5 nitrogen and oxygen atoms in total. The van der Waals surface area contributed by atoms with Crippen molar-refractivity contribution in [2.24, 2.45) is 0 Å². The van der Waals surface area contributed by atoms with Crippen LogP contribution in [0.25, 0.3) is 0 Å². The van der Waals surface area contributed by atoms with Gasteiger partial charge >= 0.3 is 12.0 Å². The van der Waals surface area contributed by atoms with Gasteiger partial charge in [0.05, 0.1) is 0 Å². The van der Waals surface area contributed by atoms with Crippen LogP contribution in [0.1, 0.15) is 38.7 Å². The van der Waals surface area contributed by atoms with Gasteiger partial charge in [-0.05, 0) is 30.0 Å². The number of urea groups is 1. The second-order valence-electron chi connectivity index (χ2n) is 4.81. The van der Waals surface area contributed by atoms with E-state index in [-0.39, 0.29) is 12.6 Å². The van der Waals surface area contributed by atoms with Crippen LogP contribution in [-0.4, -0.2) is 25.1 Å². The normalized spacial score (nSPS) is 10.2. The molecule has 0 heterocycles. The molecule has 0 bridgehead atoms. The molecule has 0 radical (unpaired) electrons. The zero-order valence-electron chi connectivity index (χ0n) is 12.2. The summed E-state index contributed by atoms with van der Waals surface area (Å²) in [6.07, 6.45) is 0.847. The van der Waals surface area contributed by atoms with Gasteiger partial charge in [0.2, 0.25) is 0 Å². The van der Waals surface area contributed by atoms with Crippen molar-refractivity contribution in [2.75, 3.05) is 13.1 Å². The molecule has 2 N–H and O–H groups in total. The maximum atomic E-state index is 11.5. The number of benzene rings is 1. The summed E-state index contributed by atoms with van der Waals surface area (Å²) in [5.41, 5.74) is 1.18. The summed E-state index contributed by atoms with van der Waals surface area (Å²) in [6, 6.07) is 7.00. The Hall–Kier alpha value is -2.04. The Labute approximate surface area is 119 Å². The third-order valence-corrected chi connectivity index (χ3v) is 2.71. The average molecular weight is 278 g/mol. The van der Waals surface area contributed by atoms with Crippen molar-refractivity contribution in [3.63, 3.8) is 0 Å². The van der Waals surface area contributed by atoms with E-state index < -0.39 is 5.97 Å². The van der Waals surface area contributed by atoms with E-state index in [0.717, 1.165) is 6.42 Å². The molecule has 0 atom stereocenters. The van der Waals surface area contributed by atoms with Crippen molar-refractivity contribution in [1.29, 1.82) is 0 Å². The average Bonchev–Trinajstić information content (AvgIpc) is 2.43. The van der Waals surface area contributed by atoms with Crippen molar-refractivity contribution in [3.05, 3.63) is 29.8 Å². The summed E-state index contributed by atoms with van der Waals surface area (Å²) >= 11 is 0. The minimum Gasteiger partial charge on any atom is -0.425 e. The Morgan fingerprint density at radius 3 is 2.35 bits per heavy atom. The number of hydrogen-bond acceptors (Lipinski definition) is 3. The van der Waals surface area contributed by atoms with Crippen molar-refractivity contribution >= 4 is 12.0 Å². The van der Waals surface area contributed by atoms with Crippen LogP contribution in [0.3, 0.4) is 0 Å². The Morgan fingerprint density at radius 1 is 1.15 bits per heavy atom. The molecular formula is C15H22N2O3. The lowest BCUT2D eigenvalue weighted by Gasteiger charge is -2.08. The Balaban J connectivity index is 2.36. The van der Waals surface area contributed by atoms with Crippen LogP contribution < -0.4 is 15.4 Å². The van der Waals surface area contributed by atoms with Crippen LogP contribution in [0.5, 0.6) is 5.75 Å². The first-order valence-electron chi connectivity index (χ1n) is 6.85. The summed E-state index contributed by atoms with van der Waals surface area (Å²) in [5, 5.41) is 5.06. The van der Waals surface area contributed by atoms with E-state index in [1.165, 1.54) is 5.56 Å². The maximum Gasteiger partial charge on any atom is 0.330 e. The van der Waals surface area contributed by atoms with E-state index in [0.29, 0.717) is 18.2 Å². The lowest BCUT2D eigenvalue weighted by atomic mass is 10.0. The predicted molar refractivity (Wildman–Crippen MR) is 77.9 cm³/mol. The van der Waals surface area contributed by atoms with Gasteiger partial charge in [0, 0.05) is 6.54 Å². The first-order valence-corrected chi connectivity index (χ1v) is 6.85. The minimum absolute atomic E-state index is 0.151. The highest BCUT2D eigenvalue weighted by Gasteiger charge is 2.07. The van der Waals surface area contributed by atoms with Crippen LogP contribution in [0.4, 0.5) is 4.79 Å². The second-order valence-corrected chi connectivity index (χ2v) is 4.81. The van der Waals surface area contributed by atoms with Crippen LogP contribution in [0.2, 0.25) is 0 Å². The molecule has 0 fully saturated rings. The fraction of sp³-hybridized carbons (Fsp3) is 0.467. The van der Waals surface area contributed by atoms with E-state index in [1.54, 1.807) is 12.1 Å². The Kier molecular flexibility index (Phi) is 6.56. The fourth-order valence-corrected chi connectivity index (χ4v) is 1.54. The largest absolute Gasteiger partial charge is 0.425 e. The van der Waals surface area contributed by atoms with Gasteiger partial charge in [-0.3, -0.25) is 0 Å². The van der Waals surface area contributed by atoms with Gasteiger partial charge in [-0.15, -0.1) is 0 Å². The molecule has 110 valence electrons. The van der Waals surface area contributed by atoms with E-state index >= 15 is 0 Å². The Bertz CT molecular complexity index is 441. The molecule has 0 aliphatic rings. The molecule has 1 aromatic rings. The highest BCUT2D eigenvalue weighted by molar-refractivity contribution is 5.81. The van der Waals surface area contributed by atoms with Crippen LogP contribution >= 0.6 is 0 Å². The summed E-state index contributed by atoms with van der Waals surface area (Å²) < 4.78 is 5.12. The highest BCUT2D eigenvalue weighted by atomic mass is 16.5. The second kappa shape index (κ2) is 8.19. The number of ether oxygens (including phenoxy) is 1. The molecule has 0 aromatic heterocycles. The van der Waals surface area contributed by atoms with Gasteiger partial charge in [-0.2, -0.15) is 0 Å². The van der Waals surface area contributed by atoms with Crippen molar-refractivity contribution in [1.82, 2.24) is 10.6 Å². The quantitative estimate of drug-likeness (QED) is 0.620. The molecule has 1 aromatic carbocycles. The molecule has 0 saturated carbocycles. The van der Waals surface area contributed by atoms with Gasteiger partial charge in [0.1, 0.15) is 12.3 Å². The van der Waals surface area contributed by atoms with Gasteiger partial charge < -0.3 is 15.4 Å². The van der Waals surface area contributed by atoms with E-state index in [2.05, 4.69) is 24.5 Å². The zero-order chi connectivity index (χ0) is 15.0. The summed E-state index contributed by atoms with van der Waals surface area (Å²) in [7, 11) is 0. The van der Waals surface area contributed by atoms with Crippen LogP contribution in [0, 0.1) is 0 Å². The molecule has 0 saturated heterocycles. The maximum absolute atomic E-state index is 11.5. The number of carbonyl (C=O) groups excluding carboxylic acids is 2. The van der Waals surface area contributed by atoms with Crippen molar-refractivity contribution in [3.8, 4) is 5.75 Å². The van der Waals surface area contributed by atoms with Gasteiger partial charge in [0.15, 0.2) is 0 Å². The lowest BCUT2D eigenvalue weighted by molar-refractivity contribution is -0.133. The molecule has 20 heavy (non-hydrogen) atoms. The number of amides is 2. The predicted octanol–water partition coefficient (Wildman–Crippen LogP) is 2.42. The summed E-state index contributed by atoms with van der Waals surface area (Å²) in [4.78, 5) is 22.8. The van der Waals surface area contributed by atoms with Crippen LogP contribution in [-0.2, 0) is 4.79 Å². The number of rotatable bonds is 6. The molecular weight excluding hydrogens is 256 g/mol. The lowest BCUT2D eigenvalue weighted by Crippen LogP contribution is -2.39. The molecule has 5 heteroatoms. The SMILES string of the molecule is CCCNC(=O)NCC(=O)Oc1ccc(C(C)C)cc1. The van der Waals surface area contributed by atoms with Gasteiger partial charge in [-0.25, -0.2) is 9.59 Å². The van der Waals surface area contributed by atoms with Gasteiger partial charge in [-0.1, -0.05) is 32.9 Å². The van der Waals surface area contributed by atoms with E-state index in [4.69, 9.17) is 4.74 Å². The third kappa shape index (κ3) is 5.73. The fourth-order valence-electron chi connectivity index (χ4n) is 1.54. The van der Waals surface area contributed by atoms with E-state index in [1.807, 2.05) is 19.1 Å². The molecule has 0 aliphatic heterocycles. The number of carbonyl (C=O) groups is 2. The van der Waals surface area contributed by atoms with Crippen LogP contribution in [0.15, 0.2) is 24.3 Å². The standard InChI is InChI=1S/C15H22N2O3/c1-4-9-16-15(19)17-10-14(18)20-13-7-5-12(6-8-13)11(2)3/h5-8,11H,4,9-10H2,1-3H3,(H2,16,17,19). The highest BCUT2D eigenvalue weighted by Crippen LogP contribution is 2.18. The number of nitrogens with one attached hydrogen (secondary N) is 2. The van der Waals surface area contributed by atoms with Crippen molar-refractivity contribution < 1.29 is 14.3 Å². The number of hydrogen-bond donors (Lipinski definition) is 2. The third-order valence-electron chi connectivity index (χ3n) is 2.71. The molecule has 0 aliphatic carbocycles. The van der Waals surface area contributed by atoms with E-state index in [9.17, 15) is 9.59 Å². The summed E-state index contributed by atoms with van der Waals surface area (Å²) in [5.74, 6) is 0.424. The zero-order valence-corrected chi connectivity index (χ0v) is 12.2. The van der Waals surface area contributed by atoms with Gasteiger partial charge in [0.25, 0.3) is 0 Å². The monoisotopic (exact) mass is 278 g/mol. The minimum atomic E-state index is -0.492. The first-order chi connectivity index (χ1) is 9.52. The smallest absolute Gasteiger partial charge is 0.330 e. The molecule has 1 rings (SSSR count). The number of esters is 1. The Morgan fingerprint density at radius 2 is 1.80 bits per heavy atom.